The van der Waals surface area contributed by atoms with Gasteiger partial charge in [-0.25, -0.2) is 0 Å². The molecule has 16 heteroatoms. The summed E-state index contributed by atoms with van der Waals surface area (Å²) in [7, 11) is 0. The van der Waals surface area contributed by atoms with Gasteiger partial charge in [-0.05, 0) is 37.1 Å². The van der Waals surface area contributed by atoms with E-state index in [4.69, 9.17) is 5.73 Å². The maximum Gasteiger partial charge on any atom is 0.320 e. The van der Waals surface area contributed by atoms with Crippen LogP contribution in [0, 0.1) is 0 Å². The lowest BCUT2D eigenvalue weighted by Gasteiger charge is -2.33. The summed E-state index contributed by atoms with van der Waals surface area (Å²) < 4.78 is 0. The first-order valence-corrected chi connectivity index (χ1v) is 15.0. The molecule has 1 aromatic rings. The number of carbonyl (C=O) groups is 5. The van der Waals surface area contributed by atoms with Crippen molar-refractivity contribution in [2.45, 2.75) is 31.8 Å². The van der Waals surface area contributed by atoms with Crippen LogP contribution >= 0.6 is 0 Å². The number of amides is 1. The van der Waals surface area contributed by atoms with Crippen LogP contribution in [0.2, 0.25) is 0 Å². The highest BCUT2D eigenvalue weighted by molar-refractivity contribution is 5.94. The molecule has 0 unspecified atom stereocenters. The fourth-order valence-corrected chi connectivity index (χ4v) is 4.97. The third kappa shape index (κ3) is 15.8. The maximum absolute atomic E-state index is 12.6. The van der Waals surface area contributed by atoms with E-state index in [0.717, 1.165) is 12.0 Å². The number of carboxylic acid groups (broad SMARTS) is 4. The van der Waals surface area contributed by atoms with Gasteiger partial charge in [0, 0.05) is 64.5 Å². The van der Waals surface area contributed by atoms with Gasteiger partial charge in [0.25, 0.3) is 5.91 Å². The van der Waals surface area contributed by atoms with Crippen molar-refractivity contribution in [1.82, 2.24) is 30.2 Å². The highest BCUT2D eigenvalue weighted by atomic mass is 16.4. The number of carboxylic acids is 4. The van der Waals surface area contributed by atoms with E-state index >= 15 is 0 Å². The molecule has 0 radical (unpaired) electrons. The van der Waals surface area contributed by atoms with Crippen molar-refractivity contribution in [3.63, 3.8) is 0 Å². The van der Waals surface area contributed by atoms with E-state index < -0.39 is 29.9 Å². The minimum absolute atomic E-state index is 0.0122. The van der Waals surface area contributed by atoms with Crippen molar-refractivity contribution in [3.05, 3.63) is 35.4 Å². The Kier molecular flexibility index (Phi) is 17.0. The summed E-state index contributed by atoms with van der Waals surface area (Å²) in [5.74, 6) is -4.34. The largest absolute Gasteiger partial charge is 0.480 e. The van der Waals surface area contributed by atoms with Gasteiger partial charge >= 0.3 is 23.9 Å². The molecule has 1 aromatic carbocycles. The van der Waals surface area contributed by atoms with Gasteiger partial charge < -0.3 is 31.5 Å². The fourth-order valence-electron chi connectivity index (χ4n) is 4.97. The summed E-state index contributed by atoms with van der Waals surface area (Å²) in [6, 6.07) is 6.15. The van der Waals surface area contributed by atoms with E-state index in [2.05, 4.69) is 15.5 Å². The molecule has 0 saturated carbocycles. The highest BCUT2D eigenvalue weighted by Gasteiger charge is 2.21. The number of nitrogens with one attached hydrogen (secondary N) is 2. The molecule has 16 nitrogen and oxygen atoms in total. The van der Waals surface area contributed by atoms with Gasteiger partial charge in [0.15, 0.2) is 0 Å². The predicted octanol–water partition coefficient (Wildman–Crippen LogP) is -1.48. The molecular formula is C29H47N7O9. The first-order chi connectivity index (χ1) is 21.5. The summed E-state index contributed by atoms with van der Waals surface area (Å²) >= 11 is 0. The Labute approximate surface area is 262 Å². The zero-order chi connectivity index (χ0) is 33.2. The molecule has 1 fully saturated rings. The van der Waals surface area contributed by atoms with Crippen LogP contribution < -0.4 is 16.4 Å². The number of unbranched alkanes of at least 4 members (excludes halogenated alkanes) is 1. The number of hydrogen-bond acceptors (Lipinski definition) is 11. The van der Waals surface area contributed by atoms with Crippen LogP contribution in [0.25, 0.3) is 0 Å². The van der Waals surface area contributed by atoms with Gasteiger partial charge in [-0.2, -0.15) is 0 Å². The molecular weight excluding hydrogens is 590 g/mol. The molecule has 45 heavy (non-hydrogen) atoms. The molecule has 0 bridgehead atoms. The van der Waals surface area contributed by atoms with Gasteiger partial charge in [-0.1, -0.05) is 18.6 Å². The van der Waals surface area contributed by atoms with E-state index in [-0.39, 0.29) is 32.2 Å². The van der Waals surface area contributed by atoms with Crippen LogP contribution in [0.15, 0.2) is 24.3 Å². The first-order valence-electron chi connectivity index (χ1n) is 15.0. The van der Waals surface area contributed by atoms with Crippen LogP contribution in [-0.2, 0) is 25.7 Å². The summed E-state index contributed by atoms with van der Waals surface area (Å²) in [5, 5.41) is 43.0. The number of nitrogens with two attached hydrogens (primary N) is 1. The Morgan fingerprint density at radius 3 is 1.53 bits per heavy atom. The lowest BCUT2D eigenvalue weighted by molar-refractivity contribution is -0.140. The van der Waals surface area contributed by atoms with Crippen molar-refractivity contribution in [3.8, 4) is 0 Å². The van der Waals surface area contributed by atoms with Gasteiger partial charge in [0.1, 0.15) is 6.04 Å². The number of rotatable bonds is 17. The molecule has 1 amide bonds. The summed E-state index contributed by atoms with van der Waals surface area (Å²) in [5.41, 5.74) is 6.76. The van der Waals surface area contributed by atoms with Crippen molar-refractivity contribution in [1.29, 1.82) is 0 Å². The van der Waals surface area contributed by atoms with Crippen LogP contribution in [0.4, 0.5) is 0 Å². The zero-order valence-electron chi connectivity index (χ0n) is 25.6. The zero-order valence-corrected chi connectivity index (χ0v) is 25.6. The lowest BCUT2D eigenvalue weighted by atomic mass is 10.1. The molecule has 8 N–H and O–H groups in total. The van der Waals surface area contributed by atoms with Crippen molar-refractivity contribution in [2.24, 2.45) is 5.73 Å². The Morgan fingerprint density at radius 1 is 0.689 bits per heavy atom. The summed E-state index contributed by atoms with van der Waals surface area (Å²) in [4.78, 5) is 65.7. The second kappa shape index (κ2) is 20.4. The van der Waals surface area contributed by atoms with Crippen LogP contribution in [-0.4, -0.2) is 161 Å². The van der Waals surface area contributed by atoms with E-state index in [1.54, 1.807) is 39.0 Å². The monoisotopic (exact) mass is 637 g/mol. The van der Waals surface area contributed by atoms with E-state index in [0.29, 0.717) is 83.9 Å². The van der Waals surface area contributed by atoms with Crippen LogP contribution in [0.1, 0.15) is 35.2 Å². The molecule has 1 aliphatic heterocycles. The quantitative estimate of drug-likeness (QED) is 0.0763. The normalized spacial score (nSPS) is 17.1. The summed E-state index contributed by atoms with van der Waals surface area (Å²) in [6.45, 7) is 3.43. The standard InChI is InChI=1S/C29H47N7O9/c30-8-2-1-3-24(29(44)45)31-21-32-28(43)23-6-4-22(5-7-23)17-33-9-11-34(18-25(37)38)13-15-36(20-27(41)42)16-14-35(12-10-33)19-26(39)40/h4-7,24,31H,1-3,8-21,30H2,(H,32,43)(H,37,38)(H,39,40)(H,41,42)(H,44,45)/t24-/m0/s1. The van der Waals surface area contributed by atoms with E-state index in [9.17, 15) is 44.4 Å². The average molecular weight is 638 g/mol. The molecule has 252 valence electrons. The third-order valence-electron chi connectivity index (χ3n) is 7.47. The number of carbonyl (C=O) groups excluding carboxylic acids is 1. The van der Waals surface area contributed by atoms with Gasteiger partial charge in [-0.3, -0.25) is 48.9 Å². The second-order valence-corrected chi connectivity index (χ2v) is 11.0. The molecule has 1 heterocycles. The summed E-state index contributed by atoms with van der Waals surface area (Å²) in [6.07, 6.45) is 1.78. The SMILES string of the molecule is NCCCC[C@H](NCNC(=O)c1ccc(CN2CCN(CC(=O)O)CCN(CC(=O)O)CCN(CC(=O)O)CC2)cc1)C(=O)O. The van der Waals surface area contributed by atoms with Crippen LogP contribution in [0.3, 0.4) is 0 Å². The van der Waals surface area contributed by atoms with Gasteiger partial charge in [0.05, 0.1) is 26.3 Å². The minimum atomic E-state index is -1.01. The topological polar surface area (TPSA) is 229 Å². The Balaban J connectivity index is 2.05. The Morgan fingerprint density at radius 2 is 1.13 bits per heavy atom. The van der Waals surface area contributed by atoms with E-state index in [1.165, 1.54) is 0 Å². The lowest BCUT2D eigenvalue weighted by Crippen LogP contribution is -2.48. The number of nitrogens with zero attached hydrogens (tertiary/aromatic N) is 4. The highest BCUT2D eigenvalue weighted by Crippen LogP contribution is 2.10. The molecule has 1 atom stereocenters. The average Bonchev–Trinajstić information content (AvgIpc) is 2.97. The third-order valence-corrected chi connectivity index (χ3v) is 7.47. The first kappa shape index (κ1) is 37.5. The molecule has 0 spiro atoms. The fraction of sp³-hybridized carbons (Fsp3) is 0.621. The predicted molar refractivity (Wildman–Crippen MR) is 164 cm³/mol. The van der Waals surface area contributed by atoms with Gasteiger partial charge in [-0.15, -0.1) is 0 Å². The van der Waals surface area contributed by atoms with Crippen molar-refractivity contribution >= 4 is 29.8 Å². The molecule has 1 saturated heterocycles. The smallest absolute Gasteiger partial charge is 0.320 e. The number of hydrogen-bond donors (Lipinski definition) is 7. The van der Waals surface area contributed by atoms with Gasteiger partial charge in [0.2, 0.25) is 0 Å². The number of benzene rings is 1. The van der Waals surface area contributed by atoms with E-state index in [1.807, 2.05) is 0 Å². The molecule has 0 aliphatic carbocycles. The molecule has 1 aliphatic rings. The minimum Gasteiger partial charge on any atom is -0.480 e. The van der Waals surface area contributed by atoms with Crippen molar-refractivity contribution in [2.75, 3.05) is 85.2 Å². The Hall–Kier alpha value is -3.67. The van der Waals surface area contributed by atoms with Crippen LogP contribution in [0.5, 0.6) is 0 Å². The molecule has 0 aromatic heterocycles. The molecule has 2 rings (SSSR count). The van der Waals surface area contributed by atoms with Crippen molar-refractivity contribution < 1.29 is 44.4 Å². The Bertz CT molecular complexity index is 1070. The number of aliphatic carboxylic acids is 4. The second-order valence-electron chi connectivity index (χ2n) is 11.0. The maximum atomic E-state index is 12.6.